The number of anilines is 1. The van der Waals surface area contributed by atoms with E-state index in [2.05, 4.69) is 15.3 Å². The molecular weight excluding hydrogens is 652 g/mol. The number of nitrogens with zero attached hydrogens (tertiary/aromatic N) is 3. The van der Waals surface area contributed by atoms with Gasteiger partial charge in [0.25, 0.3) is 5.91 Å². The van der Waals surface area contributed by atoms with Gasteiger partial charge in [0.1, 0.15) is 5.75 Å². The molecule has 0 radical (unpaired) electrons. The van der Waals surface area contributed by atoms with Crippen LogP contribution in [0.3, 0.4) is 0 Å². The van der Waals surface area contributed by atoms with Crippen LogP contribution in [-0.2, 0) is 34.8 Å². The van der Waals surface area contributed by atoms with Crippen LogP contribution in [0.1, 0.15) is 64.6 Å². The van der Waals surface area contributed by atoms with Gasteiger partial charge in [-0.2, -0.15) is 26.3 Å². The van der Waals surface area contributed by atoms with Crippen LogP contribution in [-0.4, -0.2) is 66.4 Å². The molecule has 0 aliphatic carbocycles. The van der Waals surface area contributed by atoms with Crippen molar-refractivity contribution < 1.29 is 54.9 Å². The topological polar surface area (TPSA) is 126 Å². The van der Waals surface area contributed by atoms with E-state index in [-0.39, 0.29) is 48.2 Å². The third kappa shape index (κ3) is 7.94. The maximum atomic E-state index is 13.6. The van der Waals surface area contributed by atoms with Gasteiger partial charge in [-0.1, -0.05) is 0 Å². The number of methoxy groups -OCH3 is 2. The number of hydrogen-bond donors (Lipinski definition) is 2. The number of carbonyl (C=O) groups excluding carboxylic acids is 3. The first-order chi connectivity index (χ1) is 22.6. The number of carbonyl (C=O) groups is 3. The van der Waals surface area contributed by atoms with Crippen molar-refractivity contribution in [2.75, 3.05) is 32.3 Å². The molecular formula is C31H33F6N5O6. The molecule has 11 nitrogen and oxygen atoms in total. The van der Waals surface area contributed by atoms with Gasteiger partial charge in [-0.05, 0) is 56.2 Å². The largest absolute Gasteiger partial charge is 0.496 e. The number of alkyl halides is 6. The molecule has 0 fully saturated rings. The Labute approximate surface area is 271 Å². The number of aromatic amines is 1. The van der Waals surface area contributed by atoms with E-state index in [4.69, 9.17) is 14.2 Å². The van der Waals surface area contributed by atoms with E-state index in [1.807, 2.05) is 0 Å². The molecule has 2 heterocycles. The number of halogens is 6. The highest BCUT2D eigenvalue weighted by atomic mass is 19.4. The number of H-pyrrole nitrogens is 1. The Morgan fingerprint density at radius 3 is 2.25 bits per heavy atom. The fourth-order valence-corrected chi connectivity index (χ4v) is 5.52. The van der Waals surface area contributed by atoms with Gasteiger partial charge in [0.2, 0.25) is 0 Å². The number of amides is 3. The van der Waals surface area contributed by atoms with E-state index in [1.165, 1.54) is 30.5 Å². The number of hydrogen-bond acceptors (Lipinski definition) is 7. The Bertz CT molecular complexity index is 1600. The van der Waals surface area contributed by atoms with Crippen LogP contribution >= 0.6 is 0 Å². The van der Waals surface area contributed by atoms with E-state index in [0.29, 0.717) is 18.6 Å². The fourth-order valence-electron chi connectivity index (χ4n) is 5.52. The first kappa shape index (κ1) is 35.9. The van der Waals surface area contributed by atoms with Gasteiger partial charge < -0.3 is 24.5 Å². The van der Waals surface area contributed by atoms with E-state index in [9.17, 15) is 40.7 Å². The SMILES string of the molecule is CCOC(=O)N1c2cc(C(=O)NCCc3cnc[nH]3)c(OC)cc2C(N(Cc2cc(C(F)(F)F)cc(C(F)(F)F)c2)C(=O)OC)CC1C. The molecule has 4 rings (SSSR count). The first-order valence-corrected chi connectivity index (χ1v) is 14.6. The van der Waals surface area contributed by atoms with Gasteiger partial charge >= 0.3 is 24.5 Å². The standard InChI is InChI=1S/C31H33F6N5O6/c1-5-48-29(45)42-17(2)8-24(22-13-26(46-3)23(12-25(22)42)27(43)39-7-6-21-14-38-16-40-21)41(28(44)47-4)15-18-9-19(30(32,33)34)11-20(10-18)31(35,36)37/h9-14,16-17,24H,5-8,15H2,1-4H3,(H,38,40)(H,39,43). The van der Waals surface area contributed by atoms with E-state index in [1.54, 1.807) is 20.0 Å². The molecule has 1 aliphatic rings. The van der Waals surface area contributed by atoms with Gasteiger partial charge in [0, 0.05) is 43.0 Å². The quantitative estimate of drug-likeness (QED) is 0.247. The van der Waals surface area contributed by atoms with Gasteiger partial charge in [-0.15, -0.1) is 0 Å². The van der Waals surface area contributed by atoms with Crippen LogP contribution in [0.5, 0.6) is 5.75 Å². The van der Waals surface area contributed by atoms with Crippen molar-refractivity contribution in [3.05, 3.63) is 76.4 Å². The number of imidazole rings is 1. The van der Waals surface area contributed by atoms with Gasteiger partial charge in [0.15, 0.2) is 0 Å². The summed E-state index contributed by atoms with van der Waals surface area (Å²) in [5.74, 6) is -0.541. The Balaban J connectivity index is 1.82. The van der Waals surface area contributed by atoms with Crippen LogP contribution in [0.4, 0.5) is 41.6 Å². The first-order valence-electron chi connectivity index (χ1n) is 14.6. The van der Waals surface area contributed by atoms with Crippen LogP contribution in [0.25, 0.3) is 0 Å². The van der Waals surface area contributed by atoms with Crippen molar-refractivity contribution in [3.8, 4) is 5.75 Å². The minimum atomic E-state index is -5.11. The summed E-state index contributed by atoms with van der Waals surface area (Å²) in [5, 5.41) is 2.76. The van der Waals surface area contributed by atoms with Crippen molar-refractivity contribution in [2.24, 2.45) is 0 Å². The van der Waals surface area contributed by atoms with Gasteiger partial charge in [-0.25, -0.2) is 14.6 Å². The number of fused-ring (bicyclic) bond motifs is 1. The average molecular weight is 686 g/mol. The molecule has 2 N–H and O–H groups in total. The van der Waals surface area contributed by atoms with Gasteiger partial charge in [0.05, 0.1) is 55.6 Å². The lowest BCUT2D eigenvalue weighted by molar-refractivity contribution is -0.143. The Hall–Kier alpha value is -4.96. The van der Waals surface area contributed by atoms with E-state index >= 15 is 0 Å². The normalized spacial score (nSPS) is 16.2. The summed E-state index contributed by atoms with van der Waals surface area (Å²) in [6.45, 7) is 2.68. The maximum Gasteiger partial charge on any atom is 0.416 e. The molecule has 0 bridgehead atoms. The number of rotatable bonds is 9. The smallest absolute Gasteiger partial charge is 0.416 e. The predicted molar refractivity (Wildman–Crippen MR) is 158 cm³/mol. The molecule has 17 heteroatoms. The third-order valence-corrected chi connectivity index (χ3v) is 7.70. The third-order valence-electron chi connectivity index (χ3n) is 7.70. The van der Waals surface area contributed by atoms with Crippen molar-refractivity contribution >= 4 is 23.8 Å². The second-order valence-corrected chi connectivity index (χ2v) is 10.9. The van der Waals surface area contributed by atoms with Crippen LogP contribution in [0.15, 0.2) is 42.9 Å². The molecule has 2 atom stereocenters. The molecule has 3 aromatic rings. The summed E-state index contributed by atoms with van der Waals surface area (Å²) < 4.78 is 97.5. The second-order valence-electron chi connectivity index (χ2n) is 10.9. The zero-order valence-electron chi connectivity index (χ0n) is 26.3. The molecule has 1 aromatic heterocycles. The Morgan fingerprint density at radius 1 is 1.04 bits per heavy atom. The lowest BCUT2D eigenvalue weighted by atomic mass is 9.89. The summed E-state index contributed by atoms with van der Waals surface area (Å²) in [6.07, 6.45) is -8.59. The van der Waals surface area contributed by atoms with Crippen LogP contribution < -0.4 is 15.0 Å². The predicted octanol–water partition coefficient (Wildman–Crippen LogP) is 6.49. The number of ether oxygens (including phenoxy) is 3. The van der Waals surface area contributed by atoms with Crippen molar-refractivity contribution in [1.29, 1.82) is 0 Å². The molecule has 2 unspecified atom stereocenters. The highest BCUT2D eigenvalue weighted by molar-refractivity contribution is 6.00. The number of aromatic nitrogens is 2. The summed E-state index contributed by atoms with van der Waals surface area (Å²) >= 11 is 0. The summed E-state index contributed by atoms with van der Waals surface area (Å²) in [6, 6.07) is 2.01. The van der Waals surface area contributed by atoms with E-state index < -0.39 is 65.8 Å². The molecule has 1 aliphatic heterocycles. The lowest BCUT2D eigenvalue weighted by Crippen LogP contribution is -2.48. The zero-order valence-corrected chi connectivity index (χ0v) is 26.3. The van der Waals surface area contributed by atoms with Gasteiger partial charge in [-0.3, -0.25) is 14.6 Å². The number of nitrogens with one attached hydrogen (secondary N) is 2. The molecule has 0 spiro atoms. The molecule has 3 amide bonds. The Kier molecular flexibility index (Phi) is 10.8. The molecule has 48 heavy (non-hydrogen) atoms. The highest BCUT2D eigenvalue weighted by Gasteiger charge is 2.42. The molecule has 0 saturated carbocycles. The monoisotopic (exact) mass is 685 g/mol. The maximum absolute atomic E-state index is 13.6. The Morgan fingerprint density at radius 2 is 1.71 bits per heavy atom. The summed E-state index contributed by atoms with van der Waals surface area (Å²) in [7, 11) is 2.30. The van der Waals surface area contributed by atoms with Crippen LogP contribution in [0, 0.1) is 0 Å². The number of benzene rings is 2. The minimum absolute atomic E-state index is 0.00326. The minimum Gasteiger partial charge on any atom is -0.496 e. The molecule has 2 aromatic carbocycles. The summed E-state index contributed by atoms with van der Waals surface area (Å²) in [4.78, 5) is 48.8. The zero-order chi connectivity index (χ0) is 35.4. The fraction of sp³-hybridized carbons (Fsp3) is 0.419. The molecule has 260 valence electrons. The van der Waals surface area contributed by atoms with E-state index in [0.717, 1.165) is 17.7 Å². The second kappa shape index (κ2) is 14.4. The highest BCUT2D eigenvalue weighted by Crippen LogP contribution is 2.45. The summed E-state index contributed by atoms with van der Waals surface area (Å²) in [5.41, 5.74) is -2.46. The van der Waals surface area contributed by atoms with Crippen LogP contribution in [0.2, 0.25) is 0 Å². The molecule has 0 saturated heterocycles. The van der Waals surface area contributed by atoms with Crippen molar-refractivity contribution in [3.63, 3.8) is 0 Å². The average Bonchev–Trinajstić information content (AvgIpc) is 3.55. The lowest BCUT2D eigenvalue weighted by Gasteiger charge is -2.42. The van der Waals surface area contributed by atoms with Crippen molar-refractivity contribution in [2.45, 2.75) is 57.7 Å². The van der Waals surface area contributed by atoms with Crippen molar-refractivity contribution in [1.82, 2.24) is 20.2 Å².